The van der Waals surface area contributed by atoms with Crippen LogP contribution in [0.5, 0.6) is 0 Å². The van der Waals surface area contributed by atoms with Crippen LogP contribution in [-0.4, -0.2) is 11.7 Å². The highest BCUT2D eigenvalue weighted by Crippen LogP contribution is 2.64. The van der Waals surface area contributed by atoms with Crippen molar-refractivity contribution in [1.82, 2.24) is 0 Å². The molecule has 26 heavy (non-hydrogen) atoms. The summed E-state index contributed by atoms with van der Waals surface area (Å²) >= 11 is 0. The summed E-state index contributed by atoms with van der Waals surface area (Å²) in [7, 11) is 0. The second-order valence-corrected chi connectivity index (χ2v) is 8.35. The summed E-state index contributed by atoms with van der Waals surface area (Å²) in [4.78, 5) is 17.7. The Labute approximate surface area is 155 Å². The molecule has 0 aromatic heterocycles. The smallest absolute Gasteiger partial charge is 0.313 e. The third-order valence-electron chi connectivity index (χ3n) is 6.98. The lowest BCUT2D eigenvalue weighted by Crippen LogP contribution is -2.32. The average molecular weight is 347 g/mol. The molecule has 134 valence electrons. The summed E-state index contributed by atoms with van der Waals surface area (Å²) in [6, 6.07) is 17.6. The molecule has 0 spiro atoms. The van der Waals surface area contributed by atoms with Crippen LogP contribution in [0, 0.1) is 16.7 Å². The van der Waals surface area contributed by atoms with Gasteiger partial charge >= 0.3 is 5.97 Å². The Morgan fingerprint density at radius 3 is 2.23 bits per heavy atom. The summed E-state index contributed by atoms with van der Waals surface area (Å²) in [5.41, 5.74) is 4.07. The van der Waals surface area contributed by atoms with Crippen LogP contribution in [0.2, 0.25) is 0 Å². The summed E-state index contributed by atoms with van der Waals surface area (Å²) < 4.78 is 0. The molecule has 2 atom stereocenters. The van der Waals surface area contributed by atoms with E-state index in [-0.39, 0.29) is 16.8 Å². The highest BCUT2D eigenvalue weighted by molar-refractivity contribution is 5.95. The lowest BCUT2D eigenvalue weighted by atomic mass is 9.70. The molecule has 2 saturated carbocycles. The van der Waals surface area contributed by atoms with Gasteiger partial charge in [-0.15, -0.1) is 0 Å². The van der Waals surface area contributed by atoms with Crippen LogP contribution in [-0.2, 0) is 4.84 Å². The molecule has 0 radical (unpaired) electrons. The predicted octanol–water partition coefficient (Wildman–Crippen LogP) is 5.71. The van der Waals surface area contributed by atoms with Crippen molar-refractivity contribution in [1.29, 1.82) is 0 Å². The van der Waals surface area contributed by atoms with Crippen molar-refractivity contribution in [3.05, 3.63) is 60.2 Å². The zero-order chi connectivity index (χ0) is 18.4. The molecule has 2 aromatic rings. The molecule has 0 saturated heterocycles. The van der Waals surface area contributed by atoms with Gasteiger partial charge in [0.05, 0.1) is 11.3 Å². The molecular weight excluding hydrogens is 322 g/mol. The third-order valence-corrected chi connectivity index (χ3v) is 6.98. The first-order chi connectivity index (χ1) is 12.4. The number of hydrogen-bond donors (Lipinski definition) is 0. The number of carbonyl (C=O) groups excluding carboxylic acids is 1. The molecule has 2 fully saturated rings. The van der Waals surface area contributed by atoms with E-state index in [4.69, 9.17) is 4.84 Å². The summed E-state index contributed by atoms with van der Waals surface area (Å²) in [6.07, 6.45) is 3.33. The van der Waals surface area contributed by atoms with Gasteiger partial charge in [0.15, 0.2) is 0 Å². The molecule has 4 rings (SSSR count). The first-order valence-electron chi connectivity index (χ1n) is 9.36. The number of benzene rings is 2. The fourth-order valence-electron chi connectivity index (χ4n) is 4.65. The van der Waals surface area contributed by atoms with Crippen LogP contribution in [0.25, 0.3) is 11.1 Å². The lowest BCUT2D eigenvalue weighted by molar-refractivity contribution is 0.0508. The topological polar surface area (TPSA) is 38.7 Å². The maximum atomic E-state index is 12.4. The maximum Gasteiger partial charge on any atom is 0.365 e. The van der Waals surface area contributed by atoms with Crippen LogP contribution in [0.3, 0.4) is 0 Å². The van der Waals surface area contributed by atoms with E-state index in [0.29, 0.717) is 11.5 Å². The SMILES string of the molecule is CC1(C)[C@H]2CC[C@@]1(C)/C(=N\OC(=O)c1ccc(-c3ccccc3)cc1)C2. The van der Waals surface area contributed by atoms with Gasteiger partial charge in [-0.2, -0.15) is 0 Å². The number of carbonyl (C=O) groups is 1. The van der Waals surface area contributed by atoms with Crippen molar-refractivity contribution in [2.75, 3.05) is 0 Å². The second-order valence-electron chi connectivity index (χ2n) is 8.35. The summed E-state index contributed by atoms with van der Waals surface area (Å²) in [5, 5.41) is 4.30. The molecule has 3 heteroatoms. The quantitative estimate of drug-likeness (QED) is 0.527. The van der Waals surface area contributed by atoms with Crippen LogP contribution < -0.4 is 0 Å². The number of nitrogens with zero attached hydrogens (tertiary/aromatic N) is 1. The van der Waals surface area contributed by atoms with Gasteiger partial charge in [0, 0.05) is 5.41 Å². The van der Waals surface area contributed by atoms with Gasteiger partial charge in [-0.1, -0.05) is 68.4 Å². The minimum atomic E-state index is -0.388. The van der Waals surface area contributed by atoms with Crippen molar-refractivity contribution < 1.29 is 9.63 Å². The van der Waals surface area contributed by atoms with E-state index in [9.17, 15) is 4.79 Å². The second kappa shape index (κ2) is 6.08. The number of hydrogen-bond acceptors (Lipinski definition) is 3. The number of fused-ring (bicyclic) bond motifs is 2. The van der Waals surface area contributed by atoms with Crippen molar-refractivity contribution in [3.63, 3.8) is 0 Å². The van der Waals surface area contributed by atoms with Crippen molar-refractivity contribution in [3.8, 4) is 11.1 Å². The molecule has 2 bridgehead atoms. The zero-order valence-corrected chi connectivity index (χ0v) is 15.7. The fourth-order valence-corrected chi connectivity index (χ4v) is 4.65. The standard InChI is InChI=1S/C23H25NO2/c1-22(2)19-13-14-23(22,3)20(15-19)24-26-21(25)18-11-9-17(10-12-18)16-7-5-4-6-8-16/h4-12,19H,13-15H2,1-3H3/b24-20-/t19-,23-/m0/s1. The van der Waals surface area contributed by atoms with Gasteiger partial charge in [-0.05, 0) is 53.9 Å². The maximum absolute atomic E-state index is 12.4. The van der Waals surface area contributed by atoms with E-state index in [1.54, 1.807) is 12.1 Å². The molecule has 2 aromatic carbocycles. The van der Waals surface area contributed by atoms with Crippen LogP contribution in [0.15, 0.2) is 59.8 Å². The van der Waals surface area contributed by atoms with Crippen LogP contribution in [0.1, 0.15) is 50.4 Å². The Hall–Kier alpha value is -2.42. The minimum absolute atomic E-state index is 0.0507. The van der Waals surface area contributed by atoms with E-state index < -0.39 is 0 Å². The molecule has 0 heterocycles. The van der Waals surface area contributed by atoms with E-state index >= 15 is 0 Å². The number of oxime groups is 1. The molecule has 0 unspecified atom stereocenters. The van der Waals surface area contributed by atoms with Crippen molar-refractivity contribution in [2.24, 2.45) is 21.9 Å². The Balaban J connectivity index is 1.48. The Morgan fingerprint density at radius 1 is 1.00 bits per heavy atom. The van der Waals surface area contributed by atoms with Gasteiger partial charge in [0.2, 0.25) is 0 Å². The van der Waals surface area contributed by atoms with Crippen LogP contribution >= 0.6 is 0 Å². The van der Waals surface area contributed by atoms with Gasteiger partial charge in [0.25, 0.3) is 0 Å². The monoisotopic (exact) mass is 347 g/mol. The van der Waals surface area contributed by atoms with Gasteiger partial charge in [-0.25, -0.2) is 4.79 Å². The predicted molar refractivity (Wildman–Crippen MR) is 104 cm³/mol. The summed E-state index contributed by atoms with van der Waals surface area (Å²) in [5.74, 6) is 0.261. The van der Waals surface area contributed by atoms with Crippen LogP contribution in [0.4, 0.5) is 0 Å². The van der Waals surface area contributed by atoms with Gasteiger partial charge in [-0.3, -0.25) is 0 Å². The van der Waals surface area contributed by atoms with Crippen molar-refractivity contribution >= 4 is 11.7 Å². The van der Waals surface area contributed by atoms with E-state index in [2.05, 4.69) is 38.1 Å². The largest absolute Gasteiger partial charge is 0.365 e. The Kier molecular flexibility index (Phi) is 3.98. The fraction of sp³-hybridized carbons (Fsp3) is 0.391. The van der Waals surface area contributed by atoms with Gasteiger partial charge < -0.3 is 4.84 Å². The molecule has 3 nitrogen and oxygen atoms in total. The highest BCUT2D eigenvalue weighted by atomic mass is 16.7. The average Bonchev–Trinajstić information content (AvgIpc) is 3.00. The zero-order valence-electron chi connectivity index (χ0n) is 15.7. The summed E-state index contributed by atoms with van der Waals surface area (Å²) in [6.45, 7) is 6.90. The molecule has 2 aliphatic carbocycles. The molecule has 2 aliphatic rings. The molecular formula is C23H25NO2. The Morgan fingerprint density at radius 2 is 1.65 bits per heavy atom. The van der Waals surface area contributed by atoms with E-state index in [1.807, 2.05) is 30.3 Å². The molecule has 0 amide bonds. The van der Waals surface area contributed by atoms with E-state index in [0.717, 1.165) is 29.7 Å². The highest BCUT2D eigenvalue weighted by Gasteiger charge is 2.60. The van der Waals surface area contributed by atoms with E-state index in [1.165, 1.54) is 6.42 Å². The normalized spacial score (nSPS) is 27.7. The molecule has 0 N–H and O–H groups in total. The van der Waals surface area contributed by atoms with Gasteiger partial charge in [0.1, 0.15) is 0 Å². The van der Waals surface area contributed by atoms with Crippen molar-refractivity contribution in [2.45, 2.75) is 40.0 Å². The first-order valence-corrected chi connectivity index (χ1v) is 9.36. The Bertz CT molecular complexity index is 852. The lowest BCUT2D eigenvalue weighted by Gasteiger charge is -2.34. The first kappa shape index (κ1) is 17.0. The minimum Gasteiger partial charge on any atom is -0.313 e. The third kappa shape index (κ3) is 2.57. The number of rotatable bonds is 3. The molecule has 0 aliphatic heterocycles.